The molecule has 3 saturated carbocycles. The summed E-state index contributed by atoms with van der Waals surface area (Å²) in [4.78, 5) is 0. The average Bonchev–Trinajstić information content (AvgIpc) is 2.96. The fourth-order valence-electron chi connectivity index (χ4n) is 6.44. The topological polar surface area (TPSA) is 60.7 Å². The van der Waals surface area contributed by atoms with Crippen molar-refractivity contribution in [3.8, 4) is 0 Å². The van der Waals surface area contributed by atoms with Crippen molar-refractivity contribution in [2.45, 2.75) is 107 Å². The van der Waals surface area contributed by atoms with Crippen LogP contribution in [0.4, 0.5) is 0 Å². The van der Waals surface area contributed by atoms with Crippen molar-refractivity contribution in [3.63, 3.8) is 0 Å². The summed E-state index contributed by atoms with van der Waals surface area (Å²) in [6, 6.07) is 0. The van der Waals surface area contributed by atoms with Crippen molar-refractivity contribution in [1.82, 2.24) is 0 Å². The second-order valence-corrected chi connectivity index (χ2v) is 12.4. The quantitative estimate of drug-likeness (QED) is 0.230. The van der Waals surface area contributed by atoms with Gasteiger partial charge in [0.2, 0.25) is 0 Å². The Morgan fingerprint density at radius 2 is 1.80 bits per heavy atom. The van der Waals surface area contributed by atoms with E-state index < -0.39 is 12.2 Å². The van der Waals surface area contributed by atoms with E-state index in [0.29, 0.717) is 39.1 Å². The van der Waals surface area contributed by atoms with E-state index in [4.69, 9.17) is 0 Å². The van der Waals surface area contributed by atoms with Gasteiger partial charge in [-0.15, -0.1) is 0 Å². The van der Waals surface area contributed by atoms with Crippen LogP contribution in [0.25, 0.3) is 0 Å². The van der Waals surface area contributed by atoms with E-state index in [1.807, 2.05) is 6.92 Å². The van der Waals surface area contributed by atoms with E-state index >= 15 is 0 Å². The number of halogens is 1. The third kappa shape index (κ3) is 4.77. The van der Waals surface area contributed by atoms with Crippen LogP contribution in [0.2, 0.25) is 0 Å². The van der Waals surface area contributed by atoms with Gasteiger partial charge in [0, 0.05) is 3.42 Å². The van der Waals surface area contributed by atoms with Crippen molar-refractivity contribution in [2.24, 2.45) is 17.3 Å². The van der Waals surface area contributed by atoms with Gasteiger partial charge in [-0.25, -0.2) is 0 Å². The molecule has 0 saturated heterocycles. The summed E-state index contributed by atoms with van der Waals surface area (Å²) in [5.74, 6) is 1.28. The molecule has 7 atom stereocenters. The molecule has 0 radical (unpaired) electrons. The Hall–Kier alpha value is -0.170. The van der Waals surface area contributed by atoms with Crippen LogP contribution in [0.1, 0.15) is 85.0 Å². The summed E-state index contributed by atoms with van der Waals surface area (Å²) in [7, 11) is 0. The summed E-state index contributed by atoms with van der Waals surface area (Å²) >= 11 is 2.81. The molecule has 3 aliphatic carbocycles. The first kappa shape index (κ1) is 24.5. The first-order valence-corrected chi connectivity index (χ1v) is 13.0. The summed E-state index contributed by atoms with van der Waals surface area (Å²) in [6.07, 6.45) is 13.7. The van der Waals surface area contributed by atoms with E-state index in [2.05, 4.69) is 55.2 Å². The first-order valence-electron chi connectivity index (χ1n) is 11.9. The van der Waals surface area contributed by atoms with Crippen LogP contribution in [-0.4, -0.2) is 37.1 Å². The van der Waals surface area contributed by atoms with Gasteiger partial charge >= 0.3 is 0 Å². The molecule has 0 spiro atoms. The number of rotatable bonds is 6. The first-order chi connectivity index (χ1) is 14.1. The minimum Gasteiger partial charge on any atom is -0.393 e. The standard InChI is InChI=1S/C26H41IO3/c1-17(7-5-8-18(2)28)26(27)14-12-22-21(9-6-13-25(22,26)4)11-10-20-15-23(29)19(3)24(30)16-20/h10-11,17-18,22-24,28-30H,3,5-9,12-16H2,1-2,4H3/b21-11+/t17-,18?,22-,23+,24+,25-,26-/m0/s1. The van der Waals surface area contributed by atoms with Crippen LogP contribution >= 0.6 is 22.6 Å². The van der Waals surface area contributed by atoms with Gasteiger partial charge in [0.25, 0.3) is 0 Å². The van der Waals surface area contributed by atoms with E-state index in [0.717, 1.165) is 18.4 Å². The number of aliphatic hydroxyl groups is 3. The van der Waals surface area contributed by atoms with Crippen molar-refractivity contribution >= 4 is 22.6 Å². The molecule has 0 amide bonds. The second-order valence-electron chi connectivity index (χ2n) is 10.5. The molecule has 170 valence electrons. The predicted molar refractivity (Wildman–Crippen MR) is 133 cm³/mol. The molecule has 1 unspecified atom stereocenters. The number of alkyl halides is 1. The molecule has 3 N–H and O–H groups in total. The Balaban J connectivity index is 1.75. The molecule has 0 heterocycles. The largest absolute Gasteiger partial charge is 0.393 e. The van der Waals surface area contributed by atoms with Crippen LogP contribution in [-0.2, 0) is 0 Å². The van der Waals surface area contributed by atoms with E-state index in [9.17, 15) is 15.3 Å². The van der Waals surface area contributed by atoms with E-state index in [1.165, 1.54) is 38.5 Å². The number of allylic oxidation sites excluding steroid dienone is 3. The lowest BCUT2D eigenvalue weighted by Gasteiger charge is -2.50. The van der Waals surface area contributed by atoms with E-state index in [-0.39, 0.29) is 6.10 Å². The summed E-state index contributed by atoms with van der Waals surface area (Å²) in [5.41, 5.74) is 3.58. The van der Waals surface area contributed by atoms with Gasteiger partial charge in [-0.2, -0.15) is 0 Å². The summed E-state index contributed by atoms with van der Waals surface area (Å²) in [6.45, 7) is 10.7. The SMILES string of the molecule is C=C1[C@H](O)CC(=C/C=C2\CCC[C@@]3(C)[C@H]2CC[C@]3(I)[C@@H](C)CCCC(C)O)C[C@H]1O. The number of hydrogen-bond acceptors (Lipinski definition) is 3. The highest BCUT2D eigenvalue weighted by atomic mass is 127. The third-order valence-corrected chi connectivity index (χ3v) is 11.3. The monoisotopic (exact) mass is 528 g/mol. The van der Waals surface area contributed by atoms with Gasteiger partial charge < -0.3 is 15.3 Å². The highest BCUT2D eigenvalue weighted by Gasteiger charge is 2.59. The number of aliphatic hydroxyl groups excluding tert-OH is 3. The number of hydrogen-bond donors (Lipinski definition) is 3. The molecule has 3 nitrogen and oxygen atoms in total. The van der Waals surface area contributed by atoms with Gasteiger partial charge in [0.05, 0.1) is 18.3 Å². The van der Waals surface area contributed by atoms with Crippen molar-refractivity contribution in [3.05, 3.63) is 35.5 Å². The molecule has 4 heteroatoms. The van der Waals surface area contributed by atoms with Gasteiger partial charge in [0.1, 0.15) is 0 Å². The Bertz CT molecular complexity index is 680. The maximum absolute atomic E-state index is 10.1. The molecular formula is C26H41IO3. The zero-order valence-electron chi connectivity index (χ0n) is 19.0. The minimum absolute atomic E-state index is 0.194. The van der Waals surface area contributed by atoms with Crippen LogP contribution in [0.15, 0.2) is 35.5 Å². The lowest BCUT2D eigenvalue weighted by Crippen LogP contribution is -2.46. The van der Waals surface area contributed by atoms with Gasteiger partial charge in [-0.05, 0) is 87.5 Å². The fourth-order valence-corrected chi connectivity index (χ4v) is 7.71. The van der Waals surface area contributed by atoms with Crippen LogP contribution in [0.5, 0.6) is 0 Å². The lowest BCUT2D eigenvalue weighted by molar-refractivity contribution is 0.123. The summed E-state index contributed by atoms with van der Waals surface area (Å²) < 4.78 is 0.315. The van der Waals surface area contributed by atoms with Gasteiger partial charge in [0.15, 0.2) is 0 Å². The second kappa shape index (κ2) is 9.76. The lowest BCUT2D eigenvalue weighted by atomic mass is 9.60. The molecule has 3 fully saturated rings. The van der Waals surface area contributed by atoms with Gasteiger partial charge in [-0.1, -0.05) is 72.7 Å². The smallest absolute Gasteiger partial charge is 0.0809 e. The Kier molecular flexibility index (Phi) is 7.96. The highest BCUT2D eigenvalue weighted by molar-refractivity contribution is 14.1. The molecule has 0 aliphatic heterocycles. The fraction of sp³-hybridized carbons (Fsp3) is 0.769. The molecule has 0 aromatic heterocycles. The third-order valence-electron chi connectivity index (χ3n) is 8.46. The van der Waals surface area contributed by atoms with Crippen molar-refractivity contribution in [1.29, 1.82) is 0 Å². The zero-order chi connectivity index (χ0) is 22.1. The zero-order valence-corrected chi connectivity index (χ0v) is 21.2. The molecular weight excluding hydrogens is 487 g/mol. The minimum atomic E-state index is -0.619. The Morgan fingerprint density at radius 3 is 2.43 bits per heavy atom. The summed E-state index contributed by atoms with van der Waals surface area (Å²) in [5, 5.41) is 29.9. The average molecular weight is 529 g/mol. The number of fused-ring (bicyclic) bond motifs is 1. The van der Waals surface area contributed by atoms with Crippen LogP contribution in [0.3, 0.4) is 0 Å². The molecule has 0 aromatic carbocycles. The van der Waals surface area contributed by atoms with Crippen LogP contribution < -0.4 is 0 Å². The normalized spacial score (nSPS) is 40.4. The molecule has 0 bridgehead atoms. The Labute approximate surface area is 196 Å². The highest BCUT2D eigenvalue weighted by Crippen LogP contribution is 2.65. The maximum Gasteiger partial charge on any atom is 0.0809 e. The van der Waals surface area contributed by atoms with Gasteiger partial charge in [-0.3, -0.25) is 0 Å². The van der Waals surface area contributed by atoms with Crippen molar-refractivity contribution in [2.75, 3.05) is 0 Å². The Morgan fingerprint density at radius 1 is 1.13 bits per heavy atom. The van der Waals surface area contributed by atoms with Crippen molar-refractivity contribution < 1.29 is 15.3 Å². The predicted octanol–water partition coefficient (Wildman–Crippen LogP) is 5.87. The molecule has 0 aromatic rings. The van der Waals surface area contributed by atoms with E-state index in [1.54, 1.807) is 5.57 Å². The molecule has 30 heavy (non-hydrogen) atoms. The van der Waals surface area contributed by atoms with Crippen LogP contribution in [0, 0.1) is 17.3 Å². The maximum atomic E-state index is 10.1. The molecule has 3 rings (SSSR count). The molecule has 3 aliphatic rings.